The van der Waals surface area contributed by atoms with E-state index in [9.17, 15) is 5.11 Å². The summed E-state index contributed by atoms with van der Waals surface area (Å²) in [5.74, 6) is 1.69. The molecule has 3 rings (SSSR count). The van der Waals surface area contributed by atoms with Gasteiger partial charge < -0.3 is 19.9 Å². The third-order valence-corrected chi connectivity index (χ3v) is 4.25. The number of ether oxygens (including phenoxy) is 2. The van der Waals surface area contributed by atoms with Gasteiger partial charge in [-0.15, -0.1) is 0 Å². The van der Waals surface area contributed by atoms with Crippen LogP contribution in [0.1, 0.15) is 44.2 Å². The first kappa shape index (κ1) is 13.7. The van der Waals surface area contributed by atoms with Gasteiger partial charge in [-0.2, -0.15) is 0 Å². The summed E-state index contributed by atoms with van der Waals surface area (Å²) in [6.45, 7) is 3.43. The summed E-state index contributed by atoms with van der Waals surface area (Å²) in [5, 5.41) is 13.2. The summed E-state index contributed by atoms with van der Waals surface area (Å²) in [6, 6.07) is 6.95. The van der Waals surface area contributed by atoms with E-state index in [4.69, 9.17) is 9.47 Å². The van der Waals surface area contributed by atoms with Crippen LogP contribution >= 0.6 is 0 Å². The highest BCUT2D eigenvalue weighted by Gasteiger charge is 2.21. The Morgan fingerprint density at radius 1 is 1.10 bits per heavy atom. The SMILES string of the molecule is CC(NC1CCC(O)CC1)c1ccc2c(c1)OCCO2. The first-order valence-corrected chi connectivity index (χ1v) is 7.56. The van der Waals surface area contributed by atoms with Gasteiger partial charge in [0.15, 0.2) is 11.5 Å². The highest BCUT2D eigenvalue weighted by Crippen LogP contribution is 2.33. The predicted octanol–water partition coefficient (Wildman–Crippen LogP) is 2.41. The number of nitrogens with one attached hydrogen (secondary N) is 1. The molecule has 0 saturated heterocycles. The molecule has 0 aromatic heterocycles. The molecule has 20 heavy (non-hydrogen) atoms. The van der Waals surface area contributed by atoms with E-state index in [1.165, 1.54) is 5.56 Å². The number of benzene rings is 1. The molecular weight excluding hydrogens is 254 g/mol. The van der Waals surface area contributed by atoms with Crippen LogP contribution < -0.4 is 14.8 Å². The second-order valence-electron chi connectivity index (χ2n) is 5.80. The fraction of sp³-hybridized carbons (Fsp3) is 0.625. The van der Waals surface area contributed by atoms with Crippen molar-refractivity contribution in [3.05, 3.63) is 23.8 Å². The molecule has 0 amide bonds. The van der Waals surface area contributed by atoms with Gasteiger partial charge in [-0.3, -0.25) is 0 Å². The maximum Gasteiger partial charge on any atom is 0.161 e. The molecule has 1 saturated carbocycles. The number of rotatable bonds is 3. The summed E-state index contributed by atoms with van der Waals surface area (Å²) in [5.41, 5.74) is 1.22. The van der Waals surface area contributed by atoms with Gasteiger partial charge in [-0.05, 0) is 50.3 Å². The molecular formula is C16H23NO3. The molecule has 2 N–H and O–H groups in total. The van der Waals surface area contributed by atoms with E-state index in [2.05, 4.69) is 24.4 Å². The average molecular weight is 277 g/mol. The number of fused-ring (bicyclic) bond motifs is 1. The Balaban J connectivity index is 1.63. The summed E-state index contributed by atoms with van der Waals surface area (Å²) in [6.07, 6.45) is 3.82. The minimum atomic E-state index is -0.0994. The van der Waals surface area contributed by atoms with Crippen molar-refractivity contribution < 1.29 is 14.6 Å². The minimum absolute atomic E-state index is 0.0994. The first-order chi connectivity index (χ1) is 9.72. The van der Waals surface area contributed by atoms with E-state index in [1.54, 1.807) is 0 Å². The number of aliphatic hydroxyl groups is 1. The fourth-order valence-corrected chi connectivity index (χ4v) is 3.02. The van der Waals surface area contributed by atoms with Crippen LogP contribution in [0.15, 0.2) is 18.2 Å². The predicted molar refractivity (Wildman–Crippen MR) is 77.2 cm³/mol. The third-order valence-electron chi connectivity index (χ3n) is 4.25. The van der Waals surface area contributed by atoms with Gasteiger partial charge in [0, 0.05) is 12.1 Å². The molecule has 1 fully saturated rings. The summed E-state index contributed by atoms with van der Waals surface area (Å²) >= 11 is 0. The Labute approximate surface area is 120 Å². The Kier molecular flexibility index (Phi) is 4.13. The van der Waals surface area contributed by atoms with Crippen LogP contribution in [0.3, 0.4) is 0 Å². The standard InChI is InChI=1S/C16H23NO3/c1-11(17-13-3-5-14(18)6-4-13)12-2-7-15-16(10-12)20-9-8-19-15/h2,7,10-11,13-14,17-18H,3-6,8-9H2,1H3. The van der Waals surface area contributed by atoms with E-state index < -0.39 is 0 Å². The second kappa shape index (κ2) is 6.02. The number of hydrogen-bond donors (Lipinski definition) is 2. The van der Waals surface area contributed by atoms with E-state index >= 15 is 0 Å². The highest BCUT2D eigenvalue weighted by atomic mass is 16.6. The Hall–Kier alpha value is -1.26. The summed E-state index contributed by atoms with van der Waals surface area (Å²) < 4.78 is 11.2. The molecule has 1 heterocycles. The van der Waals surface area contributed by atoms with Gasteiger partial charge in [0.05, 0.1) is 6.10 Å². The Bertz CT molecular complexity index is 455. The Morgan fingerprint density at radius 3 is 2.55 bits per heavy atom. The van der Waals surface area contributed by atoms with Gasteiger partial charge in [0.25, 0.3) is 0 Å². The monoisotopic (exact) mass is 277 g/mol. The lowest BCUT2D eigenvalue weighted by molar-refractivity contribution is 0.114. The van der Waals surface area contributed by atoms with Crippen molar-refractivity contribution in [2.45, 2.75) is 50.8 Å². The lowest BCUT2D eigenvalue weighted by atomic mass is 9.92. The molecule has 2 aliphatic rings. The van der Waals surface area contributed by atoms with Crippen molar-refractivity contribution in [3.8, 4) is 11.5 Å². The van der Waals surface area contributed by atoms with Crippen LogP contribution in [0.5, 0.6) is 11.5 Å². The molecule has 0 radical (unpaired) electrons. The zero-order chi connectivity index (χ0) is 13.9. The molecule has 1 aliphatic heterocycles. The molecule has 0 spiro atoms. The zero-order valence-electron chi connectivity index (χ0n) is 12.0. The molecule has 0 bridgehead atoms. The van der Waals surface area contributed by atoms with Crippen molar-refractivity contribution in [1.29, 1.82) is 0 Å². The van der Waals surface area contributed by atoms with Gasteiger partial charge in [-0.1, -0.05) is 6.07 Å². The van der Waals surface area contributed by atoms with E-state index in [0.717, 1.165) is 37.2 Å². The van der Waals surface area contributed by atoms with Crippen molar-refractivity contribution in [3.63, 3.8) is 0 Å². The minimum Gasteiger partial charge on any atom is -0.486 e. The lowest BCUT2D eigenvalue weighted by Crippen LogP contribution is -2.36. The first-order valence-electron chi connectivity index (χ1n) is 7.56. The smallest absolute Gasteiger partial charge is 0.161 e. The van der Waals surface area contributed by atoms with Crippen LogP contribution in [-0.4, -0.2) is 30.5 Å². The van der Waals surface area contributed by atoms with Crippen LogP contribution in [0.4, 0.5) is 0 Å². The normalized spacial score (nSPS) is 27.1. The van der Waals surface area contributed by atoms with Crippen LogP contribution in [0.2, 0.25) is 0 Å². The topological polar surface area (TPSA) is 50.7 Å². The lowest BCUT2D eigenvalue weighted by Gasteiger charge is -2.29. The molecule has 1 atom stereocenters. The van der Waals surface area contributed by atoms with Crippen LogP contribution in [0.25, 0.3) is 0 Å². The largest absolute Gasteiger partial charge is 0.486 e. The zero-order valence-corrected chi connectivity index (χ0v) is 12.0. The maximum absolute atomic E-state index is 9.55. The number of hydrogen-bond acceptors (Lipinski definition) is 4. The van der Waals surface area contributed by atoms with E-state index in [1.807, 2.05) is 6.07 Å². The highest BCUT2D eigenvalue weighted by molar-refractivity contribution is 5.44. The molecule has 1 aromatic rings. The van der Waals surface area contributed by atoms with Crippen molar-refractivity contribution in [1.82, 2.24) is 5.32 Å². The van der Waals surface area contributed by atoms with Gasteiger partial charge >= 0.3 is 0 Å². The van der Waals surface area contributed by atoms with Gasteiger partial charge in [0.1, 0.15) is 13.2 Å². The molecule has 110 valence electrons. The van der Waals surface area contributed by atoms with E-state index in [0.29, 0.717) is 19.3 Å². The Morgan fingerprint density at radius 2 is 1.80 bits per heavy atom. The van der Waals surface area contributed by atoms with Gasteiger partial charge in [-0.25, -0.2) is 0 Å². The van der Waals surface area contributed by atoms with Gasteiger partial charge in [0.2, 0.25) is 0 Å². The maximum atomic E-state index is 9.55. The number of aliphatic hydroxyl groups excluding tert-OH is 1. The van der Waals surface area contributed by atoms with Crippen LogP contribution in [-0.2, 0) is 0 Å². The molecule has 1 aliphatic carbocycles. The molecule has 1 aromatic carbocycles. The van der Waals surface area contributed by atoms with Crippen molar-refractivity contribution >= 4 is 0 Å². The average Bonchev–Trinajstić information content (AvgIpc) is 2.49. The second-order valence-corrected chi connectivity index (χ2v) is 5.80. The quantitative estimate of drug-likeness (QED) is 0.891. The van der Waals surface area contributed by atoms with Crippen molar-refractivity contribution in [2.24, 2.45) is 0 Å². The molecule has 4 heteroatoms. The van der Waals surface area contributed by atoms with E-state index in [-0.39, 0.29) is 12.1 Å². The molecule has 4 nitrogen and oxygen atoms in total. The summed E-state index contributed by atoms with van der Waals surface area (Å²) in [4.78, 5) is 0. The fourth-order valence-electron chi connectivity index (χ4n) is 3.02. The molecule has 1 unspecified atom stereocenters. The third kappa shape index (κ3) is 3.07. The van der Waals surface area contributed by atoms with Crippen molar-refractivity contribution in [2.75, 3.05) is 13.2 Å². The van der Waals surface area contributed by atoms with Crippen LogP contribution in [0, 0.1) is 0 Å². The summed E-state index contributed by atoms with van der Waals surface area (Å²) in [7, 11) is 0.